The van der Waals surface area contributed by atoms with E-state index in [1.165, 1.54) is 18.4 Å². The van der Waals surface area contributed by atoms with Gasteiger partial charge in [0, 0.05) is 19.0 Å². The topological polar surface area (TPSA) is 81.6 Å². The van der Waals surface area contributed by atoms with Crippen LogP contribution in [0.1, 0.15) is 55.0 Å². The van der Waals surface area contributed by atoms with Gasteiger partial charge in [-0.25, -0.2) is 19.6 Å². The third-order valence-corrected chi connectivity index (χ3v) is 5.29. The van der Waals surface area contributed by atoms with Crippen molar-refractivity contribution < 1.29 is 19.1 Å². The van der Waals surface area contributed by atoms with Crippen molar-refractivity contribution in [2.24, 2.45) is 0 Å². The number of esters is 1. The molecule has 0 spiro atoms. The molecule has 26 heavy (non-hydrogen) atoms. The summed E-state index contributed by atoms with van der Waals surface area (Å²) in [5, 5.41) is 0.998. The van der Waals surface area contributed by atoms with Crippen LogP contribution < -0.4 is 0 Å². The normalized spacial score (nSPS) is 15.9. The first-order valence-corrected chi connectivity index (χ1v) is 9.42. The lowest BCUT2D eigenvalue weighted by molar-refractivity contribution is 0.0204. The van der Waals surface area contributed by atoms with Crippen molar-refractivity contribution in [3.63, 3.8) is 0 Å². The molecule has 7 nitrogen and oxygen atoms in total. The van der Waals surface area contributed by atoms with E-state index in [9.17, 15) is 9.59 Å². The lowest BCUT2D eigenvalue weighted by Gasteiger charge is -2.32. The molecule has 0 saturated carbocycles. The summed E-state index contributed by atoms with van der Waals surface area (Å²) in [6.45, 7) is 6.91. The van der Waals surface area contributed by atoms with Crippen molar-refractivity contribution in [1.29, 1.82) is 0 Å². The monoisotopic (exact) mass is 377 g/mol. The number of nitrogens with zero attached hydrogens (tertiary/aromatic N) is 3. The largest absolute Gasteiger partial charge is 0.464 e. The molecule has 1 saturated heterocycles. The molecule has 2 aromatic heterocycles. The molecule has 3 rings (SSSR count). The summed E-state index contributed by atoms with van der Waals surface area (Å²) < 4.78 is 10.1. The summed E-state index contributed by atoms with van der Waals surface area (Å²) in [4.78, 5) is 35.3. The van der Waals surface area contributed by atoms with Crippen LogP contribution in [0.5, 0.6) is 0 Å². The number of amides is 1. The fourth-order valence-corrected chi connectivity index (χ4v) is 3.97. The molecule has 0 atom stereocenters. The summed E-state index contributed by atoms with van der Waals surface area (Å²) >= 11 is 1.50. The molecule has 0 unspecified atom stereocenters. The van der Waals surface area contributed by atoms with Crippen LogP contribution >= 0.6 is 11.3 Å². The van der Waals surface area contributed by atoms with Gasteiger partial charge in [-0.1, -0.05) is 11.3 Å². The second-order valence-electron chi connectivity index (χ2n) is 7.31. The Labute approximate surface area is 156 Å². The van der Waals surface area contributed by atoms with Gasteiger partial charge in [0.1, 0.15) is 21.6 Å². The number of hydrogen-bond donors (Lipinski definition) is 0. The number of piperidine rings is 1. The number of carbonyl (C=O) groups is 2. The molecule has 0 radical (unpaired) electrons. The summed E-state index contributed by atoms with van der Waals surface area (Å²) in [7, 11) is 1.34. The minimum Gasteiger partial charge on any atom is -0.464 e. The van der Waals surface area contributed by atoms with Gasteiger partial charge in [0.2, 0.25) is 0 Å². The number of thiazole rings is 1. The van der Waals surface area contributed by atoms with E-state index in [1.54, 1.807) is 17.0 Å². The average Bonchev–Trinajstić information content (AvgIpc) is 3.02. The number of methoxy groups -OCH3 is 1. The number of rotatable bonds is 2. The fourth-order valence-electron chi connectivity index (χ4n) is 2.86. The van der Waals surface area contributed by atoms with Gasteiger partial charge in [-0.05, 0) is 45.7 Å². The Morgan fingerprint density at radius 3 is 2.50 bits per heavy atom. The first kappa shape index (κ1) is 18.6. The van der Waals surface area contributed by atoms with Gasteiger partial charge in [-0.3, -0.25) is 0 Å². The number of likely N-dealkylation sites (tertiary alicyclic amines) is 1. The lowest BCUT2D eigenvalue weighted by Crippen LogP contribution is -2.41. The van der Waals surface area contributed by atoms with Crippen LogP contribution in [0.2, 0.25) is 0 Å². The molecular weight excluding hydrogens is 354 g/mol. The summed E-state index contributed by atoms with van der Waals surface area (Å²) in [5.41, 5.74) is 0.589. The van der Waals surface area contributed by atoms with Crippen molar-refractivity contribution in [1.82, 2.24) is 14.9 Å². The zero-order valence-corrected chi connectivity index (χ0v) is 16.3. The maximum atomic E-state index is 12.2. The first-order valence-electron chi connectivity index (χ1n) is 8.60. The molecule has 3 heterocycles. The zero-order valence-electron chi connectivity index (χ0n) is 15.4. The minimum absolute atomic E-state index is 0.260. The standard InChI is InChI=1S/C18H23N3O4S/c1-18(2,3)25-17(23)21-9-7-11(8-10-21)14-19-12-5-6-13(16(22)24-4)20-15(12)26-14/h5-6,11H,7-10H2,1-4H3. The molecule has 1 amide bonds. The highest BCUT2D eigenvalue weighted by Crippen LogP contribution is 2.33. The van der Waals surface area contributed by atoms with E-state index < -0.39 is 11.6 Å². The molecule has 0 bridgehead atoms. The molecule has 1 aliphatic heterocycles. The molecule has 0 aromatic carbocycles. The van der Waals surface area contributed by atoms with E-state index in [0.717, 1.165) is 28.2 Å². The van der Waals surface area contributed by atoms with Gasteiger partial charge < -0.3 is 14.4 Å². The second kappa shape index (κ2) is 7.19. The molecule has 1 aliphatic rings. The predicted octanol–water partition coefficient (Wildman–Crippen LogP) is 3.59. The van der Waals surface area contributed by atoms with Gasteiger partial charge in [-0.15, -0.1) is 0 Å². The number of fused-ring (bicyclic) bond motifs is 1. The summed E-state index contributed by atoms with van der Waals surface area (Å²) in [5.74, 6) is -0.165. The Hall–Kier alpha value is -2.22. The Morgan fingerprint density at radius 2 is 1.88 bits per heavy atom. The van der Waals surface area contributed by atoms with Crippen LogP contribution in [0, 0.1) is 0 Å². The van der Waals surface area contributed by atoms with Crippen molar-refractivity contribution >= 4 is 33.7 Å². The number of hydrogen-bond acceptors (Lipinski definition) is 7. The van der Waals surface area contributed by atoms with Crippen molar-refractivity contribution in [2.45, 2.75) is 45.1 Å². The quantitative estimate of drug-likeness (QED) is 0.744. The van der Waals surface area contributed by atoms with Crippen LogP contribution in [-0.4, -0.2) is 52.7 Å². The molecule has 0 aliphatic carbocycles. The van der Waals surface area contributed by atoms with Crippen LogP contribution in [-0.2, 0) is 9.47 Å². The molecule has 140 valence electrons. The van der Waals surface area contributed by atoms with Crippen LogP contribution in [0.4, 0.5) is 4.79 Å². The van der Waals surface area contributed by atoms with E-state index in [0.29, 0.717) is 13.1 Å². The minimum atomic E-state index is -0.482. The van der Waals surface area contributed by atoms with E-state index >= 15 is 0 Å². The van der Waals surface area contributed by atoms with Crippen molar-refractivity contribution in [3.05, 3.63) is 22.8 Å². The van der Waals surface area contributed by atoms with Gasteiger partial charge in [-0.2, -0.15) is 0 Å². The smallest absolute Gasteiger partial charge is 0.410 e. The number of carbonyl (C=O) groups excluding carboxylic acids is 2. The fraction of sp³-hybridized carbons (Fsp3) is 0.556. The average molecular weight is 377 g/mol. The maximum Gasteiger partial charge on any atom is 0.410 e. The van der Waals surface area contributed by atoms with E-state index in [-0.39, 0.29) is 17.7 Å². The van der Waals surface area contributed by atoms with Gasteiger partial charge in [0.25, 0.3) is 0 Å². The summed E-state index contributed by atoms with van der Waals surface area (Å²) in [6, 6.07) is 3.42. The van der Waals surface area contributed by atoms with Gasteiger partial charge >= 0.3 is 12.1 Å². The highest BCUT2D eigenvalue weighted by atomic mass is 32.1. The van der Waals surface area contributed by atoms with Gasteiger partial charge in [0.05, 0.1) is 12.1 Å². The summed E-state index contributed by atoms with van der Waals surface area (Å²) in [6.07, 6.45) is 1.41. The third kappa shape index (κ3) is 4.12. The highest BCUT2D eigenvalue weighted by molar-refractivity contribution is 7.18. The Morgan fingerprint density at radius 1 is 1.19 bits per heavy atom. The third-order valence-electron chi connectivity index (χ3n) is 4.16. The molecule has 1 fully saturated rings. The van der Waals surface area contributed by atoms with Crippen LogP contribution in [0.15, 0.2) is 12.1 Å². The number of ether oxygens (including phenoxy) is 2. The number of aromatic nitrogens is 2. The SMILES string of the molecule is COC(=O)c1ccc2nc(C3CCN(C(=O)OC(C)(C)C)CC3)sc2n1. The predicted molar refractivity (Wildman–Crippen MR) is 98.5 cm³/mol. The Kier molecular flexibility index (Phi) is 5.13. The molecule has 2 aromatic rings. The van der Waals surface area contributed by atoms with Gasteiger partial charge in [0.15, 0.2) is 0 Å². The Balaban J connectivity index is 1.67. The molecule has 0 N–H and O–H groups in total. The van der Waals surface area contributed by atoms with Crippen molar-refractivity contribution in [3.8, 4) is 0 Å². The molecule has 8 heteroatoms. The zero-order chi connectivity index (χ0) is 18.9. The van der Waals surface area contributed by atoms with E-state index in [2.05, 4.69) is 9.97 Å². The van der Waals surface area contributed by atoms with E-state index in [4.69, 9.17) is 9.47 Å². The van der Waals surface area contributed by atoms with Crippen LogP contribution in [0.25, 0.3) is 10.3 Å². The molecular formula is C18H23N3O4S. The maximum absolute atomic E-state index is 12.2. The lowest BCUT2D eigenvalue weighted by atomic mass is 9.98. The second-order valence-corrected chi connectivity index (χ2v) is 8.32. The van der Waals surface area contributed by atoms with Crippen LogP contribution in [0.3, 0.4) is 0 Å². The highest BCUT2D eigenvalue weighted by Gasteiger charge is 2.29. The Bertz CT molecular complexity index is 819. The van der Waals surface area contributed by atoms with Crippen molar-refractivity contribution in [2.75, 3.05) is 20.2 Å². The first-order chi connectivity index (χ1) is 12.3. The number of pyridine rings is 1. The van der Waals surface area contributed by atoms with E-state index in [1.807, 2.05) is 20.8 Å².